The van der Waals surface area contributed by atoms with E-state index in [0.29, 0.717) is 36.4 Å². The average molecular weight is 593 g/mol. The number of fused-ring (bicyclic) bond motifs is 7. The third kappa shape index (κ3) is 6.37. The molecule has 5 heterocycles. The molecule has 2 N–H and O–H groups in total. The van der Waals surface area contributed by atoms with E-state index in [1.54, 1.807) is 0 Å². The lowest BCUT2D eigenvalue weighted by Gasteiger charge is -2.38. The Labute approximate surface area is 253 Å². The number of aliphatic hydroxyl groups is 2. The number of hydrogen-bond donors (Lipinski definition) is 2. The van der Waals surface area contributed by atoms with Crippen LogP contribution in [0, 0.1) is 0 Å². The number of aliphatic hydroxyl groups excluding tert-OH is 2. The van der Waals surface area contributed by atoms with Crippen molar-refractivity contribution in [2.75, 3.05) is 27.3 Å². The minimum absolute atomic E-state index is 0.00367. The van der Waals surface area contributed by atoms with Crippen molar-refractivity contribution < 1.29 is 34.0 Å². The SMILES string of the molecule is CN1C2CC(OC(=O)[C@H](CO)c3ccccc3)CC1[C@H]1O[C@H]21.CN1C2CCC1CC(OC(=O)C(CO)c1ccccc1)C2. The fraction of sp³-hybridized carbons (Fsp3) is 0.588. The average Bonchev–Trinajstić information content (AvgIpc) is 3.75. The lowest BCUT2D eigenvalue weighted by Crippen LogP contribution is -2.48. The maximum Gasteiger partial charge on any atom is 0.316 e. The van der Waals surface area contributed by atoms with Gasteiger partial charge < -0.3 is 29.3 Å². The van der Waals surface area contributed by atoms with Crippen molar-refractivity contribution >= 4 is 11.9 Å². The van der Waals surface area contributed by atoms with Crippen LogP contribution < -0.4 is 0 Å². The highest BCUT2D eigenvalue weighted by Crippen LogP contribution is 2.48. The highest BCUT2D eigenvalue weighted by Gasteiger charge is 2.62. The lowest BCUT2D eigenvalue weighted by molar-refractivity contribution is -0.157. The Kier molecular flexibility index (Phi) is 9.16. The second-order valence-corrected chi connectivity index (χ2v) is 12.8. The summed E-state index contributed by atoms with van der Waals surface area (Å²) in [5.41, 5.74) is 1.62. The van der Waals surface area contributed by atoms with Gasteiger partial charge in [-0.2, -0.15) is 0 Å². The largest absolute Gasteiger partial charge is 0.462 e. The highest BCUT2D eigenvalue weighted by atomic mass is 16.6. The van der Waals surface area contributed by atoms with E-state index in [4.69, 9.17) is 14.2 Å². The van der Waals surface area contributed by atoms with Gasteiger partial charge in [-0.1, -0.05) is 60.7 Å². The van der Waals surface area contributed by atoms with Gasteiger partial charge in [-0.15, -0.1) is 0 Å². The molecule has 9 heteroatoms. The quantitative estimate of drug-likeness (QED) is 0.353. The van der Waals surface area contributed by atoms with Crippen molar-refractivity contribution in [3.05, 3.63) is 71.8 Å². The Morgan fingerprint density at radius 3 is 1.56 bits per heavy atom. The molecule has 5 aliphatic rings. The van der Waals surface area contributed by atoms with Crippen LogP contribution in [0.15, 0.2) is 60.7 Å². The van der Waals surface area contributed by atoms with E-state index >= 15 is 0 Å². The molecule has 0 spiro atoms. The first-order valence-corrected chi connectivity index (χ1v) is 15.7. The van der Waals surface area contributed by atoms with E-state index in [1.807, 2.05) is 60.7 Å². The molecule has 9 nitrogen and oxygen atoms in total. The van der Waals surface area contributed by atoms with Gasteiger partial charge in [-0.05, 0) is 50.9 Å². The Balaban J connectivity index is 0.000000153. The second kappa shape index (κ2) is 13.0. The van der Waals surface area contributed by atoms with E-state index < -0.39 is 11.8 Å². The number of rotatable bonds is 8. The number of ether oxygens (including phenoxy) is 3. The Bertz CT molecular complexity index is 1210. The smallest absolute Gasteiger partial charge is 0.316 e. The fourth-order valence-electron chi connectivity index (χ4n) is 7.75. The van der Waals surface area contributed by atoms with Crippen molar-refractivity contribution in [1.82, 2.24) is 9.80 Å². The molecule has 5 aliphatic heterocycles. The number of carbonyl (C=O) groups is 2. The molecule has 232 valence electrons. The minimum atomic E-state index is -0.593. The van der Waals surface area contributed by atoms with Gasteiger partial charge in [0.15, 0.2) is 0 Å². The number of esters is 2. The molecule has 43 heavy (non-hydrogen) atoms. The molecule has 7 rings (SSSR count). The van der Waals surface area contributed by atoms with E-state index in [9.17, 15) is 19.8 Å². The minimum Gasteiger partial charge on any atom is -0.462 e. The van der Waals surface area contributed by atoms with E-state index in [0.717, 1.165) is 36.8 Å². The van der Waals surface area contributed by atoms with Crippen molar-refractivity contribution in [3.63, 3.8) is 0 Å². The van der Waals surface area contributed by atoms with E-state index in [-0.39, 0.29) is 37.4 Å². The van der Waals surface area contributed by atoms with Crippen LogP contribution in [0.1, 0.15) is 61.5 Å². The zero-order chi connectivity index (χ0) is 30.1. The van der Waals surface area contributed by atoms with Gasteiger partial charge in [0.2, 0.25) is 0 Å². The second-order valence-electron chi connectivity index (χ2n) is 12.8. The van der Waals surface area contributed by atoms with E-state index in [2.05, 4.69) is 23.9 Å². The van der Waals surface area contributed by atoms with Crippen molar-refractivity contribution in [1.29, 1.82) is 0 Å². The monoisotopic (exact) mass is 592 g/mol. The molecule has 2 aromatic rings. The maximum atomic E-state index is 12.4. The predicted molar refractivity (Wildman–Crippen MR) is 159 cm³/mol. The first-order valence-electron chi connectivity index (χ1n) is 15.7. The van der Waals surface area contributed by atoms with Crippen LogP contribution in [0.2, 0.25) is 0 Å². The number of likely N-dealkylation sites (N-methyl/N-ethyl adjacent to an activating group) is 1. The van der Waals surface area contributed by atoms with Crippen LogP contribution in [-0.2, 0) is 23.8 Å². The molecule has 0 saturated carbocycles. The number of benzene rings is 2. The number of hydrogen-bond acceptors (Lipinski definition) is 9. The number of epoxide rings is 1. The van der Waals surface area contributed by atoms with Crippen LogP contribution in [-0.4, -0.2) is 108 Å². The molecule has 2 aromatic carbocycles. The van der Waals surface area contributed by atoms with E-state index in [1.165, 1.54) is 12.8 Å². The zero-order valence-electron chi connectivity index (χ0n) is 25.0. The molecule has 4 bridgehead atoms. The topological polar surface area (TPSA) is 112 Å². The normalized spacial score (nSPS) is 33.9. The maximum absolute atomic E-state index is 12.4. The summed E-state index contributed by atoms with van der Waals surface area (Å²) in [4.78, 5) is 29.6. The molecule has 0 aliphatic carbocycles. The third-order valence-corrected chi connectivity index (χ3v) is 10.3. The van der Waals surface area contributed by atoms with Gasteiger partial charge in [0.1, 0.15) is 36.3 Å². The molecule has 8 atom stereocenters. The van der Waals surface area contributed by atoms with Gasteiger partial charge >= 0.3 is 11.9 Å². The Morgan fingerprint density at radius 1 is 0.721 bits per heavy atom. The highest BCUT2D eigenvalue weighted by molar-refractivity contribution is 5.79. The summed E-state index contributed by atoms with van der Waals surface area (Å²) in [7, 11) is 4.30. The van der Waals surface area contributed by atoms with Crippen molar-refractivity contribution in [3.8, 4) is 0 Å². The first-order chi connectivity index (χ1) is 20.9. The number of morpholine rings is 1. The summed E-state index contributed by atoms with van der Waals surface area (Å²) in [6.07, 6.45) is 6.52. The molecule has 5 unspecified atom stereocenters. The molecule has 0 amide bonds. The molecule has 5 fully saturated rings. The molecular formula is C34H44N2O7. The van der Waals surface area contributed by atoms with Gasteiger partial charge in [-0.3, -0.25) is 14.5 Å². The molecular weight excluding hydrogens is 548 g/mol. The van der Waals surface area contributed by atoms with Gasteiger partial charge in [0.05, 0.1) is 13.2 Å². The van der Waals surface area contributed by atoms with Gasteiger partial charge in [0.25, 0.3) is 0 Å². The summed E-state index contributed by atoms with van der Waals surface area (Å²) >= 11 is 0. The number of carbonyl (C=O) groups excluding carboxylic acids is 2. The third-order valence-electron chi connectivity index (χ3n) is 10.3. The Morgan fingerprint density at radius 2 is 1.14 bits per heavy atom. The van der Waals surface area contributed by atoms with Crippen LogP contribution in [0.25, 0.3) is 0 Å². The fourth-order valence-corrected chi connectivity index (χ4v) is 7.75. The first kappa shape index (κ1) is 30.2. The Hall–Kier alpha value is -2.82. The van der Waals surface area contributed by atoms with Crippen LogP contribution >= 0.6 is 0 Å². The number of nitrogens with zero attached hydrogens (tertiary/aromatic N) is 2. The van der Waals surface area contributed by atoms with Gasteiger partial charge in [0, 0.05) is 37.0 Å². The summed E-state index contributed by atoms with van der Waals surface area (Å²) < 4.78 is 17.1. The summed E-state index contributed by atoms with van der Waals surface area (Å²) in [6.45, 7) is -0.432. The summed E-state index contributed by atoms with van der Waals surface area (Å²) in [5.74, 6) is -1.78. The van der Waals surface area contributed by atoms with Crippen LogP contribution in [0.5, 0.6) is 0 Å². The van der Waals surface area contributed by atoms with Crippen LogP contribution in [0.4, 0.5) is 0 Å². The molecule has 5 saturated heterocycles. The standard InChI is InChI=1S/C17H21NO4.C17H23NO3/c1-18-13-7-11(8-14(18)16-15(13)22-16)21-17(20)12(9-19)10-5-3-2-4-6-10;1-18-13-7-8-14(18)10-15(9-13)21-17(20)16(11-19)12-5-3-2-4-6-12/h2-6,11-16,19H,7-9H2,1H3;2-6,13-16,19H,7-11H2,1H3/t11?,12-,13?,14?,15-,16-;/m1./s1. The van der Waals surface area contributed by atoms with Crippen molar-refractivity contribution in [2.24, 2.45) is 0 Å². The number of piperidine rings is 2. The molecule has 0 radical (unpaired) electrons. The zero-order valence-corrected chi connectivity index (χ0v) is 25.0. The van der Waals surface area contributed by atoms with Gasteiger partial charge in [-0.25, -0.2) is 0 Å². The summed E-state index contributed by atoms with van der Waals surface area (Å²) in [6, 6.07) is 20.5. The van der Waals surface area contributed by atoms with Crippen LogP contribution in [0.3, 0.4) is 0 Å². The lowest BCUT2D eigenvalue weighted by atomic mass is 9.97. The molecule has 0 aromatic heterocycles. The predicted octanol–water partition coefficient (Wildman–Crippen LogP) is 2.85. The summed E-state index contributed by atoms with van der Waals surface area (Å²) in [5, 5.41) is 19.1. The van der Waals surface area contributed by atoms with Crippen molar-refractivity contribution in [2.45, 2.75) is 98.9 Å².